The lowest BCUT2D eigenvalue weighted by Crippen LogP contribution is -2.37. The Kier molecular flexibility index (Phi) is 5.20. The van der Waals surface area contributed by atoms with Crippen molar-refractivity contribution in [2.75, 3.05) is 18.4 Å². The summed E-state index contributed by atoms with van der Waals surface area (Å²) >= 11 is 0. The lowest BCUT2D eigenvalue weighted by Gasteiger charge is -2.11. The van der Waals surface area contributed by atoms with Gasteiger partial charge in [0.05, 0.1) is 6.54 Å². The Morgan fingerprint density at radius 2 is 2.05 bits per heavy atom. The molecule has 2 rings (SSSR count). The smallest absolute Gasteiger partial charge is 0.251 e. The number of amides is 2. The highest BCUT2D eigenvalue weighted by Gasteiger charge is 2.23. The van der Waals surface area contributed by atoms with Crippen LogP contribution in [-0.4, -0.2) is 30.9 Å². The van der Waals surface area contributed by atoms with Gasteiger partial charge in [0, 0.05) is 23.8 Å². The monoisotopic (exact) mass is 289 g/mol. The van der Waals surface area contributed by atoms with Crippen molar-refractivity contribution in [3.63, 3.8) is 0 Å². The summed E-state index contributed by atoms with van der Waals surface area (Å²) in [5, 5.41) is 8.80. The Bertz CT molecular complexity index is 524. The van der Waals surface area contributed by atoms with Gasteiger partial charge in [0.15, 0.2) is 0 Å². The lowest BCUT2D eigenvalue weighted by atomic mass is 10.1. The maximum Gasteiger partial charge on any atom is 0.251 e. The molecule has 21 heavy (non-hydrogen) atoms. The van der Waals surface area contributed by atoms with Crippen LogP contribution in [-0.2, 0) is 4.79 Å². The second-order valence-corrected chi connectivity index (χ2v) is 5.48. The molecule has 0 heterocycles. The number of carbonyl (C=O) groups is 2. The quantitative estimate of drug-likeness (QED) is 0.717. The van der Waals surface area contributed by atoms with E-state index in [0.29, 0.717) is 11.6 Å². The van der Waals surface area contributed by atoms with Crippen LogP contribution in [0.3, 0.4) is 0 Å². The summed E-state index contributed by atoms with van der Waals surface area (Å²) in [5.74, 6) is -0.338. The SMILES string of the molecule is CCCNc1ccc(C(=O)NCC(=O)NC2CC2)cc1C. The zero-order valence-corrected chi connectivity index (χ0v) is 12.7. The zero-order valence-electron chi connectivity index (χ0n) is 12.7. The molecule has 5 nitrogen and oxygen atoms in total. The van der Waals surface area contributed by atoms with E-state index in [-0.39, 0.29) is 18.4 Å². The average molecular weight is 289 g/mol. The average Bonchev–Trinajstić information content (AvgIpc) is 3.27. The molecule has 0 spiro atoms. The highest BCUT2D eigenvalue weighted by molar-refractivity contribution is 5.97. The first-order valence-corrected chi connectivity index (χ1v) is 7.52. The fraction of sp³-hybridized carbons (Fsp3) is 0.500. The van der Waals surface area contributed by atoms with Gasteiger partial charge in [-0.15, -0.1) is 0 Å². The Balaban J connectivity index is 1.86. The molecule has 1 fully saturated rings. The number of nitrogens with one attached hydrogen (secondary N) is 3. The van der Waals surface area contributed by atoms with Gasteiger partial charge in [0.25, 0.3) is 5.91 Å². The van der Waals surface area contributed by atoms with E-state index in [9.17, 15) is 9.59 Å². The first-order valence-electron chi connectivity index (χ1n) is 7.52. The van der Waals surface area contributed by atoms with Gasteiger partial charge >= 0.3 is 0 Å². The van der Waals surface area contributed by atoms with Crippen molar-refractivity contribution >= 4 is 17.5 Å². The summed E-state index contributed by atoms with van der Waals surface area (Å²) in [7, 11) is 0. The Hall–Kier alpha value is -2.04. The number of aryl methyl sites for hydroxylation is 1. The van der Waals surface area contributed by atoms with Gasteiger partial charge in [-0.1, -0.05) is 6.92 Å². The molecule has 1 aromatic carbocycles. The van der Waals surface area contributed by atoms with Crippen molar-refractivity contribution in [1.82, 2.24) is 10.6 Å². The van der Waals surface area contributed by atoms with Crippen molar-refractivity contribution in [2.45, 2.75) is 39.2 Å². The molecule has 2 amide bonds. The number of carbonyl (C=O) groups excluding carboxylic acids is 2. The third-order valence-corrected chi connectivity index (χ3v) is 3.41. The van der Waals surface area contributed by atoms with Crippen molar-refractivity contribution in [2.24, 2.45) is 0 Å². The Labute approximate surface area is 125 Å². The van der Waals surface area contributed by atoms with E-state index in [0.717, 1.165) is 37.1 Å². The summed E-state index contributed by atoms with van der Waals surface area (Å²) in [4.78, 5) is 23.5. The summed E-state index contributed by atoms with van der Waals surface area (Å²) < 4.78 is 0. The molecule has 5 heteroatoms. The molecule has 0 aromatic heterocycles. The molecule has 0 aliphatic heterocycles. The molecule has 0 radical (unpaired) electrons. The summed E-state index contributed by atoms with van der Waals surface area (Å²) in [6.07, 6.45) is 3.15. The van der Waals surface area contributed by atoms with Crippen molar-refractivity contribution in [1.29, 1.82) is 0 Å². The third-order valence-electron chi connectivity index (χ3n) is 3.41. The van der Waals surface area contributed by atoms with Crippen LogP contribution in [0.5, 0.6) is 0 Å². The van der Waals surface area contributed by atoms with E-state index in [1.807, 2.05) is 19.1 Å². The van der Waals surface area contributed by atoms with Gasteiger partial charge < -0.3 is 16.0 Å². The van der Waals surface area contributed by atoms with Gasteiger partial charge in [-0.05, 0) is 49.9 Å². The molecule has 0 atom stereocenters. The maximum absolute atomic E-state index is 12.0. The molecule has 0 unspecified atom stereocenters. The predicted molar refractivity (Wildman–Crippen MR) is 83.5 cm³/mol. The molecule has 0 bridgehead atoms. The van der Waals surface area contributed by atoms with Crippen molar-refractivity contribution in [3.05, 3.63) is 29.3 Å². The molecular formula is C16H23N3O2. The minimum atomic E-state index is -0.217. The molecule has 1 aromatic rings. The van der Waals surface area contributed by atoms with Crippen LogP contribution in [0.25, 0.3) is 0 Å². The van der Waals surface area contributed by atoms with Crippen LogP contribution in [0, 0.1) is 6.92 Å². The Morgan fingerprint density at radius 3 is 2.67 bits per heavy atom. The van der Waals surface area contributed by atoms with Gasteiger partial charge in [-0.2, -0.15) is 0 Å². The van der Waals surface area contributed by atoms with Crippen LogP contribution in [0.4, 0.5) is 5.69 Å². The molecule has 1 aliphatic carbocycles. The Morgan fingerprint density at radius 1 is 1.29 bits per heavy atom. The standard InChI is InChI=1S/C16H23N3O2/c1-3-8-17-14-7-4-12(9-11(14)2)16(21)18-10-15(20)19-13-5-6-13/h4,7,9,13,17H,3,5-6,8,10H2,1-2H3,(H,18,21)(H,19,20). The second kappa shape index (κ2) is 7.11. The largest absolute Gasteiger partial charge is 0.385 e. The van der Waals surface area contributed by atoms with Crippen molar-refractivity contribution in [3.8, 4) is 0 Å². The van der Waals surface area contributed by atoms with Gasteiger partial charge in [0.1, 0.15) is 0 Å². The fourth-order valence-electron chi connectivity index (χ4n) is 2.03. The topological polar surface area (TPSA) is 70.2 Å². The van der Waals surface area contributed by atoms with Crippen LogP contribution in [0.2, 0.25) is 0 Å². The minimum Gasteiger partial charge on any atom is -0.385 e. The van der Waals surface area contributed by atoms with Gasteiger partial charge in [-0.3, -0.25) is 9.59 Å². The predicted octanol–water partition coefficient (Wildman–Crippen LogP) is 1.83. The van der Waals surface area contributed by atoms with Crippen LogP contribution in [0.1, 0.15) is 42.1 Å². The first-order chi connectivity index (χ1) is 10.1. The van der Waals surface area contributed by atoms with E-state index in [1.165, 1.54) is 0 Å². The second-order valence-electron chi connectivity index (χ2n) is 5.48. The number of hydrogen-bond acceptors (Lipinski definition) is 3. The van der Waals surface area contributed by atoms with E-state index < -0.39 is 0 Å². The lowest BCUT2D eigenvalue weighted by molar-refractivity contribution is -0.120. The van der Waals surface area contributed by atoms with E-state index >= 15 is 0 Å². The number of hydrogen-bond donors (Lipinski definition) is 3. The molecule has 1 aliphatic rings. The maximum atomic E-state index is 12.0. The van der Waals surface area contributed by atoms with Crippen LogP contribution >= 0.6 is 0 Å². The number of anilines is 1. The molecule has 0 saturated heterocycles. The number of rotatable bonds is 7. The highest BCUT2D eigenvalue weighted by atomic mass is 16.2. The van der Waals surface area contributed by atoms with Gasteiger partial charge in [-0.25, -0.2) is 0 Å². The van der Waals surface area contributed by atoms with Crippen LogP contribution in [0.15, 0.2) is 18.2 Å². The summed E-state index contributed by atoms with van der Waals surface area (Å²) in [6.45, 7) is 5.02. The van der Waals surface area contributed by atoms with E-state index in [2.05, 4.69) is 22.9 Å². The highest BCUT2D eigenvalue weighted by Crippen LogP contribution is 2.18. The van der Waals surface area contributed by atoms with Gasteiger partial charge in [0.2, 0.25) is 5.91 Å². The van der Waals surface area contributed by atoms with Crippen molar-refractivity contribution < 1.29 is 9.59 Å². The summed E-state index contributed by atoms with van der Waals surface area (Å²) in [6, 6.07) is 5.84. The first kappa shape index (κ1) is 15.4. The molecule has 114 valence electrons. The van der Waals surface area contributed by atoms with E-state index in [1.54, 1.807) is 6.07 Å². The number of benzene rings is 1. The zero-order chi connectivity index (χ0) is 15.2. The third kappa shape index (κ3) is 4.77. The summed E-state index contributed by atoms with van der Waals surface area (Å²) in [5.41, 5.74) is 2.65. The van der Waals surface area contributed by atoms with Crippen LogP contribution < -0.4 is 16.0 Å². The molecular weight excluding hydrogens is 266 g/mol. The molecule has 1 saturated carbocycles. The minimum absolute atomic E-state index is 0.0320. The fourth-order valence-corrected chi connectivity index (χ4v) is 2.03. The van der Waals surface area contributed by atoms with E-state index in [4.69, 9.17) is 0 Å². The molecule has 3 N–H and O–H groups in total. The normalized spacial score (nSPS) is 13.6.